The summed E-state index contributed by atoms with van der Waals surface area (Å²) in [5, 5.41) is 10.3. The summed E-state index contributed by atoms with van der Waals surface area (Å²) in [6, 6.07) is 15.2. The van der Waals surface area contributed by atoms with Crippen molar-refractivity contribution >= 4 is 40.9 Å². The molecule has 42 heavy (non-hydrogen) atoms. The number of fused-ring (bicyclic) bond motifs is 1. The van der Waals surface area contributed by atoms with Crippen molar-refractivity contribution in [3.05, 3.63) is 79.9 Å². The maximum Gasteiger partial charge on any atom is 0.251 e. The lowest BCUT2D eigenvalue weighted by Crippen LogP contribution is -2.57. The van der Waals surface area contributed by atoms with Crippen LogP contribution >= 0.6 is 11.8 Å². The first-order valence-corrected chi connectivity index (χ1v) is 15.2. The molecule has 0 radical (unpaired) electrons. The molecule has 3 heterocycles. The van der Waals surface area contributed by atoms with Crippen LogP contribution in [0.15, 0.2) is 79.9 Å². The number of carbonyl (C=O) groups is 3. The lowest BCUT2D eigenvalue weighted by Gasteiger charge is -2.39. The maximum absolute atomic E-state index is 14.7. The van der Waals surface area contributed by atoms with Crippen molar-refractivity contribution in [2.75, 3.05) is 36.6 Å². The Morgan fingerprint density at radius 3 is 2.21 bits per heavy atom. The maximum atomic E-state index is 14.7. The number of thioether (sulfide) groups is 1. The van der Waals surface area contributed by atoms with Gasteiger partial charge in [0.25, 0.3) is 5.91 Å². The van der Waals surface area contributed by atoms with Crippen LogP contribution in [0.4, 0.5) is 11.4 Å². The van der Waals surface area contributed by atoms with Gasteiger partial charge in [-0.15, -0.1) is 24.9 Å². The average Bonchev–Trinajstić information content (AvgIpc) is 3.58. The number of aliphatic hydroxyl groups is 1. The summed E-state index contributed by atoms with van der Waals surface area (Å²) in [4.78, 5) is 48.5. The number of aliphatic hydroxyl groups excluding tert-OH is 1. The number of carbonyl (C=O) groups excluding carboxylic acids is 3. The fraction of sp³-hybridized carbons (Fsp3) is 0.424. The second-order valence-electron chi connectivity index (χ2n) is 11.5. The molecule has 2 aromatic rings. The van der Waals surface area contributed by atoms with Crippen LogP contribution in [0.2, 0.25) is 0 Å². The van der Waals surface area contributed by atoms with Gasteiger partial charge >= 0.3 is 0 Å². The molecular weight excluding hydrogens is 550 g/mol. The Kier molecular flexibility index (Phi) is 8.27. The summed E-state index contributed by atoms with van der Waals surface area (Å²) >= 11 is 1.62. The van der Waals surface area contributed by atoms with E-state index in [-0.39, 0.29) is 30.9 Å². The van der Waals surface area contributed by atoms with Crippen LogP contribution in [-0.4, -0.2) is 76.1 Å². The minimum atomic E-state index is -0.853. The molecule has 0 aromatic heterocycles. The number of likely N-dealkylation sites (tertiary alicyclic amines) is 1. The topological polar surface area (TPSA) is 90.4 Å². The number of para-hydroxylation sites is 1. The lowest BCUT2D eigenvalue weighted by atomic mass is 9.66. The number of methoxy groups -OCH3 is 1. The number of benzene rings is 2. The standard InChI is InChI=1S/C33H39N3O5S/c1-6-19-34(23-11-9-8-10-12-23)29(38)26-27-30(39)36(22(3)21-37)28(33(27)18-17-32(26,4)42-33)31(40)35(20-7-2)24-13-15-25(41-5)16-14-24/h6-16,22,26-28,37H,1-2,17-21H2,3-5H3/t22-,26+,27+,28?,32-,33?/m1/s1. The summed E-state index contributed by atoms with van der Waals surface area (Å²) in [6.45, 7) is 11.8. The molecule has 3 fully saturated rings. The summed E-state index contributed by atoms with van der Waals surface area (Å²) in [6.07, 6.45) is 4.67. The van der Waals surface area contributed by atoms with E-state index in [4.69, 9.17) is 4.74 Å². The van der Waals surface area contributed by atoms with Crippen molar-refractivity contribution in [1.82, 2.24) is 4.90 Å². The number of ether oxygens (including phenoxy) is 1. The summed E-state index contributed by atoms with van der Waals surface area (Å²) in [7, 11) is 1.58. The van der Waals surface area contributed by atoms with Crippen molar-refractivity contribution in [3.8, 4) is 5.75 Å². The van der Waals surface area contributed by atoms with Crippen LogP contribution < -0.4 is 14.5 Å². The highest BCUT2D eigenvalue weighted by atomic mass is 32.2. The molecule has 1 N–H and O–H groups in total. The van der Waals surface area contributed by atoms with Crippen LogP contribution in [0, 0.1) is 11.8 Å². The minimum Gasteiger partial charge on any atom is -0.497 e. The van der Waals surface area contributed by atoms with Crippen LogP contribution in [0.1, 0.15) is 26.7 Å². The zero-order valence-electron chi connectivity index (χ0n) is 24.4. The molecule has 3 saturated heterocycles. The van der Waals surface area contributed by atoms with E-state index in [1.54, 1.807) is 64.8 Å². The highest BCUT2D eigenvalue weighted by molar-refractivity contribution is 8.02. The minimum absolute atomic E-state index is 0.140. The SMILES string of the molecule is C=CCN(C(=O)C1N([C@H](C)CO)C(=O)[C@@H]2[C@@H](C(=O)N(CC=C)c3ccccc3)[C@@]3(C)CCC12S3)c1ccc(OC)cc1. The summed E-state index contributed by atoms with van der Waals surface area (Å²) in [5.41, 5.74) is 1.39. The van der Waals surface area contributed by atoms with Gasteiger partial charge in [0.1, 0.15) is 11.8 Å². The molecule has 3 aliphatic rings. The molecule has 1 spiro atoms. The van der Waals surface area contributed by atoms with E-state index in [0.717, 1.165) is 5.69 Å². The Morgan fingerprint density at radius 1 is 1.05 bits per heavy atom. The zero-order valence-corrected chi connectivity index (χ0v) is 25.3. The third-order valence-electron chi connectivity index (χ3n) is 9.06. The van der Waals surface area contributed by atoms with Gasteiger partial charge in [-0.25, -0.2) is 0 Å². The van der Waals surface area contributed by atoms with Crippen LogP contribution in [-0.2, 0) is 14.4 Å². The molecule has 5 rings (SSSR count). The molecule has 8 nitrogen and oxygen atoms in total. The molecule has 0 saturated carbocycles. The molecule has 2 unspecified atom stereocenters. The van der Waals surface area contributed by atoms with E-state index in [1.807, 2.05) is 42.5 Å². The Balaban J connectivity index is 1.59. The van der Waals surface area contributed by atoms with Crippen molar-refractivity contribution < 1.29 is 24.2 Å². The van der Waals surface area contributed by atoms with Crippen LogP contribution in [0.3, 0.4) is 0 Å². The predicted octanol–water partition coefficient (Wildman–Crippen LogP) is 4.30. The highest BCUT2D eigenvalue weighted by Gasteiger charge is 2.78. The first kappa shape index (κ1) is 29.9. The normalized spacial score (nSPS) is 28.2. The third kappa shape index (κ3) is 4.63. The summed E-state index contributed by atoms with van der Waals surface area (Å²) < 4.78 is 3.97. The van der Waals surface area contributed by atoms with Gasteiger partial charge in [-0.1, -0.05) is 30.4 Å². The van der Waals surface area contributed by atoms with Crippen LogP contribution in [0.25, 0.3) is 0 Å². The predicted molar refractivity (Wildman–Crippen MR) is 167 cm³/mol. The molecule has 3 amide bonds. The monoisotopic (exact) mass is 589 g/mol. The number of anilines is 2. The number of hydrogen-bond donors (Lipinski definition) is 1. The quantitative estimate of drug-likeness (QED) is 0.394. The Hall–Kier alpha value is -3.56. The molecule has 2 bridgehead atoms. The number of nitrogens with zero attached hydrogens (tertiary/aromatic N) is 3. The molecule has 2 aromatic carbocycles. The average molecular weight is 590 g/mol. The van der Waals surface area contributed by atoms with Gasteiger partial charge in [0, 0.05) is 29.2 Å². The molecule has 222 valence electrons. The fourth-order valence-corrected chi connectivity index (χ4v) is 9.50. The van der Waals surface area contributed by atoms with E-state index in [1.165, 1.54) is 0 Å². The van der Waals surface area contributed by atoms with Crippen molar-refractivity contribution in [2.45, 2.75) is 48.3 Å². The lowest BCUT2D eigenvalue weighted by molar-refractivity contribution is -0.142. The van der Waals surface area contributed by atoms with Gasteiger partial charge in [-0.05, 0) is 63.1 Å². The van der Waals surface area contributed by atoms with E-state index < -0.39 is 33.4 Å². The second-order valence-corrected chi connectivity index (χ2v) is 13.4. The van der Waals surface area contributed by atoms with Crippen molar-refractivity contribution in [1.29, 1.82) is 0 Å². The van der Waals surface area contributed by atoms with Gasteiger partial charge in [0.2, 0.25) is 11.8 Å². The largest absolute Gasteiger partial charge is 0.497 e. The Morgan fingerprint density at radius 2 is 1.64 bits per heavy atom. The van der Waals surface area contributed by atoms with E-state index >= 15 is 0 Å². The fourth-order valence-electron chi connectivity index (χ4n) is 7.17. The van der Waals surface area contributed by atoms with Gasteiger partial charge in [0.15, 0.2) is 0 Å². The van der Waals surface area contributed by atoms with Crippen LogP contribution in [0.5, 0.6) is 5.75 Å². The first-order valence-electron chi connectivity index (χ1n) is 14.3. The first-order chi connectivity index (χ1) is 20.2. The van der Waals surface area contributed by atoms with Crippen molar-refractivity contribution in [3.63, 3.8) is 0 Å². The van der Waals surface area contributed by atoms with Gasteiger partial charge in [0.05, 0.1) is 36.3 Å². The van der Waals surface area contributed by atoms with Gasteiger partial charge in [-0.3, -0.25) is 14.4 Å². The number of hydrogen-bond acceptors (Lipinski definition) is 6. The number of rotatable bonds is 11. The Bertz CT molecular complexity index is 1370. The van der Waals surface area contributed by atoms with Crippen molar-refractivity contribution in [2.24, 2.45) is 11.8 Å². The second kappa shape index (κ2) is 11.6. The van der Waals surface area contributed by atoms with E-state index in [0.29, 0.717) is 30.8 Å². The highest BCUT2D eigenvalue weighted by Crippen LogP contribution is 2.72. The molecule has 6 atom stereocenters. The molecular formula is C33H39N3O5S. The van der Waals surface area contributed by atoms with Gasteiger partial charge < -0.3 is 24.5 Å². The molecule has 0 aliphatic carbocycles. The Labute approximate surface area is 252 Å². The van der Waals surface area contributed by atoms with E-state index in [2.05, 4.69) is 20.1 Å². The zero-order chi connectivity index (χ0) is 30.2. The summed E-state index contributed by atoms with van der Waals surface area (Å²) in [5.74, 6) is -1.30. The molecule has 3 aliphatic heterocycles. The smallest absolute Gasteiger partial charge is 0.251 e. The number of amides is 3. The van der Waals surface area contributed by atoms with E-state index in [9.17, 15) is 19.5 Å². The molecule has 9 heteroatoms. The third-order valence-corrected chi connectivity index (χ3v) is 11.0. The van der Waals surface area contributed by atoms with Gasteiger partial charge in [-0.2, -0.15) is 0 Å².